The Kier molecular flexibility index (Phi) is 9.36. The van der Waals surface area contributed by atoms with Crippen LogP contribution in [-0.4, -0.2) is 69.7 Å². The monoisotopic (exact) mass is 674 g/mol. The average molecular weight is 675 g/mol. The van der Waals surface area contributed by atoms with Crippen LogP contribution in [0.5, 0.6) is 0 Å². The van der Waals surface area contributed by atoms with Crippen LogP contribution in [0.1, 0.15) is 70.3 Å². The molecule has 12 heteroatoms. The second kappa shape index (κ2) is 12.8. The normalized spacial score (nSPS) is 15.7. The first-order valence-electron chi connectivity index (χ1n) is 15.8. The van der Waals surface area contributed by atoms with Gasteiger partial charge in [0.15, 0.2) is 0 Å². The Labute approximate surface area is 281 Å². The highest BCUT2D eigenvalue weighted by molar-refractivity contribution is 7.17. The fourth-order valence-corrected chi connectivity index (χ4v) is 6.90. The molecule has 9 nitrogen and oxygen atoms in total. The summed E-state index contributed by atoms with van der Waals surface area (Å²) in [6.45, 7) is 17.3. The summed E-state index contributed by atoms with van der Waals surface area (Å²) < 4.78 is 24.0. The zero-order chi connectivity index (χ0) is 34.3. The van der Waals surface area contributed by atoms with Crippen LogP contribution in [0.15, 0.2) is 42.0 Å². The Hall–Kier alpha value is -4.08. The minimum atomic E-state index is -1.96. The molecule has 5 rings (SSSR count). The van der Waals surface area contributed by atoms with Gasteiger partial charge >= 0.3 is 6.09 Å². The fraction of sp³-hybridized carbons (Fsp3) is 0.457. The molecule has 1 atom stereocenters. The molecule has 248 valence electrons. The molecule has 0 aliphatic carbocycles. The first-order chi connectivity index (χ1) is 21.9. The van der Waals surface area contributed by atoms with E-state index in [1.165, 1.54) is 28.2 Å². The zero-order valence-electron chi connectivity index (χ0n) is 28.6. The van der Waals surface area contributed by atoms with E-state index in [0.717, 1.165) is 15.6 Å². The second-order valence-electron chi connectivity index (χ2n) is 14.7. The van der Waals surface area contributed by atoms with Gasteiger partial charge in [0.25, 0.3) is 5.91 Å². The molecule has 1 fully saturated rings. The molecule has 0 bridgehead atoms. The van der Waals surface area contributed by atoms with Crippen molar-refractivity contribution in [2.45, 2.75) is 84.2 Å². The van der Waals surface area contributed by atoms with Crippen LogP contribution >= 0.6 is 11.3 Å². The van der Waals surface area contributed by atoms with Crippen LogP contribution in [0.2, 0.25) is 18.1 Å². The predicted molar refractivity (Wildman–Crippen MR) is 188 cm³/mol. The number of ether oxygens (including phenoxy) is 1. The maximum atomic E-state index is 15.9. The molecular formula is C35H43FN6O3SSi. The van der Waals surface area contributed by atoms with Crippen molar-refractivity contribution in [3.05, 3.63) is 59.0 Å². The topological polar surface area (TPSA) is 93.5 Å². The number of amides is 2. The van der Waals surface area contributed by atoms with Gasteiger partial charge in [-0.3, -0.25) is 14.4 Å². The number of likely N-dealkylation sites (tertiary alicyclic amines) is 1. The van der Waals surface area contributed by atoms with Crippen molar-refractivity contribution in [2.75, 3.05) is 18.0 Å². The van der Waals surface area contributed by atoms with Gasteiger partial charge in [-0.25, -0.2) is 14.2 Å². The fourth-order valence-electron chi connectivity index (χ4n) is 5.20. The largest absolute Gasteiger partial charge is 0.444 e. The number of aryl methyl sites for hydroxylation is 1. The number of hydrogen-bond acceptors (Lipinski definition) is 7. The first kappa shape index (κ1) is 34.3. The number of pyridine rings is 1. The van der Waals surface area contributed by atoms with E-state index in [9.17, 15) is 9.59 Å². The van der Waals surface area contributed by atoms with Crippen molar-refractivity contribution < 1.29 is 18.7 Å². The standard InChI is InChI=1S/C35H43FN6O3SSi/c1-34(2,3)45-33(44)41-17-10-11-25(20-41)42(32(43)26-13-12-23(19-27(26)36)28-21-40(7)39-38-28)31-30-24(22-46-29(30)14-16-37-31)15-18-47(8,9)35(4,5)6/h12-14,16,19,21-22,25H,10-11,17,20H2,1-9H3/t25-/m1/s1. The lowest BCUT2D eigenvalue weighted by atomic mass is 10.0. The molecule has 4 heterocycles. The number of fused-ring (bicyclic) bond motifs is 1. The van der Waals surface area contributed by atoms with Crippen LogP contribution in [0.25, 0.3) is 21.3 Å². The minimum Gasteiger partial charge on any atom is -0.444 e. The number of benzene rings is 1. The van der Waals surface area contributed by atoms with Crippen molar-refractivity contribution in [2.24, 2.45) is 7.05 Å². The molecule has 1 aliphatic rings. The summed E-state index contributed by atoms with van der Waals surface area (Å²) in [6, 6.07) is 5.88. The quantitative estimate of drug-likeness (QED) is 0.163. The van der Waals surface area contributed by atoms with Crippen molar-refractivity contribution in [3.8, 4) is 22.7 Å². The number of rotatable bonds is 4. The predicted octanol–water partition coefficient (Wildman–Crippen LogP) is 7.68. The summed E-state index contributed by atoms with van der Waals surface area (Å²) in [7, 11) is -0.224. The molecule has 1 saturated heterocycles. The highest BCUT2D eigenvalue weighted by atomic mass is 32.1. The van der Waals surface area contributed by atoms with Gasteiger partial charge in [0, 0.05) is 47.5 Å². The number of piperidine rings is 1. The number of halogens is 1. The van der Waals surface area contributed by atoms with Gasteiger partial charge in [-0.1, -0.05) is 51.1 Å². The number of carbonyl (C=O) groups is 2. The lowest BCUT2D eigenvalue weighted by Crippen LogP contribution is -2.53. The van der Waals surface area contributed by atoms with Crippen LogP contribution in [0.4, 0.5) is 15.0 Å². The van der Waals surface area contributed by atoms with E-state index in [2.05, 4.69) is 55.6 Å². The Morgan fingerprint density at radius 2 is 1.89 bits per heavy atom. The Morgan fingerprint density at radius 1 is 1.15 bits per heavy atom. The summed E-state index contributed by atoms with van der Waals surface area (Å²) in [4.78, 5) is 35.7. The molecule has 0 unspecified atom stereocenters. The van der Waals surface area contributed by atoms with Gasteiger partial charge in [0.2, 0.25) is 0 Å². The summed E-state index contributed by atoms with van der Waals surface area (Å²) in [5.41, 5.74) is 4.62. The second-order valence-corrected chi connectivity index (χ2v) is 20.6. The molecule has 0 saturated carbocycles. The van der Waals surface area contributed by atoms with E-state index in [-0.39, 0.29) is 17.1 Å². The van der Waals surface area contributed by atoms with Gasteiger partial charge in [0.1, 0.15) is 31.0 Å². The van der Waals surface area contributed by atoms with Crippen LogP contribution in [0, 0.1) is 17.3 Å². The van der Waals surface area contributed by atoms with Crippen LogP contribution in [0.3, 0.4) is 0 Å². The Morgan fingerprint density at radius 3 is 2.53 bits per heavy atom. The van der Waals surface area contributed by atoms with E-state index >= 15 is 4.39 Å². The molecule has 4 aromatic rings. The van der Waals surface area contributed by atoms with Gasteiger partial charge in [0.05, 0.1) is 23.2 Å². The molecule has 0 N–H and O–H groups in total. The maximum Gasteiger partial charge on any atom is 0.410 e. The molecule has 3 aromatic heterocycles. The molecule has 1 aliphatic heterocycles. The van der Waals surface area contributed by atoms with E-state index < -0.39 is 37.5 Å². The summed E-state index contributed by atoms with van der Waals surface area (Å²) in [5, 5.41) is 10.8. The highest BCUT2D eigenvalue weighted by Crippen LogP contribution is 2.38. The number of aromatic nitrogens is 4. The summed E-state index contributed by atoms with van der Waals surface area (Å²) >= 11 is 1.54. The van der Waals surface area contributed by atoms with Crippen molar-refractivity contribution in [1.29, 1.82) is 0 Å². The van der Waals surface area contributed by atoms with Crippen LogP contribution < -0.4 is 4.90 Å². The van der Waals surface area contributed by atoms with E-state index in [4.69, 9.17) is 9.72 Å². The van der Waals surface area contributed by atoms with Crippen molar-refractivity contribution in [1.82, 2.24) is 24.9 Å². The summed E-state index contributed by atoms with van der Waals surface area (Å²) in [5.74, 6) is 2.63. The third-order valence-corrected chi connectivity index (χ3v) is 14.3. The molecule has 1 aromatic carbocycles. The molecular weight excluding hydrogens is 632 g/mol. The third kappa shape index (κ3) is 7.41. The van der Waals surface area contributed by atoms with E-state index in [1.807, 2.05) is 32.2 Å². The number of thiophene rings is 1. The van der Waals surface area contributed by atoms with Gasteiger partial charge < -0.3 is 9.64 Å². The molecule has 0 radical (unpaired) electrons. The average Bonchev–Trinajstić information content (AvgIpc) is 3.61. The lowest BCUT2D eigenvalue weighted by Gasteiger charge is -2.39. The van der Waals surface area contributed by atoms with Crippen LogP contribution in [-0.2, 0) is 11.8 Å². The van der Waals surface area contributed by atoms with Gasteiger partial charge in [-0.05, 0) is 56.9 Å². The lowest BCUT2D eigenvalue weighted by molar-refractivity contribution is 0.0196. The first-order valence-corrected chi connectivity index (χ1v) is 19.7. The van der Waals surface area contributed by atoms with Gasteiger partial charge in [-0.2, -0.15) is 0 Å². The van der Waals surface area contributed by atoms with Crippen molar-refractivity contribution in [3.63, 3.8) is 0 Å². The number of anilines is 1. The molecule has 47 heavy (non-hydrogen) atoms. The minimum absolute atomic E-state index is 0.0666. The molecule has 2 amide bonds. The third-order valence-electron chi connectivity index (χ3n) is 8.81. The SMILES string of the molecule is Cn1cc(-c2ccc(C(=O)N(c3nccc4scc(C#C[Si](C)(C)C(C)(C)C)c34)[C@@H]3CCCN(C(=O)OC(C)(C)C)C3)c(F)c2)nn1. The van der Waals surface area contributed by atoms with E-state index in [0.29, 0.717) is 36.5 Å². The van der Waals surface area contributed by atoms with E-state index in [1.54, 1.807) is 35.3 Å². The Bertz CT molecular complexity index is 1880. The van der Waals surface area contributed by atoms with Crippen molar-refractivity contribution >= 4 is 47.3 Å². The number of nitrogens with zero attached hydrogens (tertiary/aromatic N) is 6. The number of carbonyl (C=O) groups excluding carboxylic acids is 2. The van der Waals surface area contributed by atoms with Gasteiger partial charge in [-0.15, -0.1) is 22.0 Å². The molecule has 0 spiro atoms. The Balaban J connectivity index is 1.62. The number of hydrogen-bond donors (Lipinski definition) is 0. The highest BCUT2D eigenvalue weighted by Gasteiger charge is 2.37. The summed E-state index contributed by atoms with van der Waals surface area (Å²) in [6.07, 6.45) is 4.14. The maximum absolute atomic E-state index is 15.9. The smallest absolute Gasteiger partial charge is 0.410 e. The zero-order valence-corrected chi connectivity index (χ0v) is 30.5.